The Labute approximate surface area is 53.9 Å². The minimum absolute atomic E-state index is 0.282. The summed E-state index contributed by atoms with van der Waals surface area (Å²) in [6.45, 7) is 3.96. The van der Waals surface area contributed by atoms with Crippen molar-refractivity contribution in [3.05, 3.63) is 18.2 Å². The van der Waals surface area contributed by atoms with Crippen LogP contribution in [0.4, 0.5) is 0 Å². The van der Waals surface area contributed by atoms with Crippen LogP contribution in [0, 0.1) is 0 Å². The summed E-state index contributed by atoms with van der Waals surface area (Å²) in [6, 6.07) is 0. The molecular weight excluding hydrogens is 116 g/mol. The van der Waals surface area contributed by atoms with Gasteiger partial charge in [-0.1, -0.05) is 13.8 Å². The van der Waals surface area contributed by atoms with Crippen LogP contribution in [0.2, 0.25) is 0 Å². The van der Waals surface area contributed by atoms with E-state index in [9.17, 15) is 0 Å². The molecule has 0 saturated heterocycles. The second-order valence-electron chi connectivity index (χ2n) is 2.28. The molecule has 1 aromatic rings. The van der Waals surface area contributed by atoms with Crippen molar-refractivity contribution in [2.45, 2.75) is 19.8 Å². The molecular formula is C6H10N2O. The van der Waals surface area contributed by atoms with Gasteiger partial charge in [0.05, 0.1) is 6.20 Å². The van der Waals surface area contributed by atoms with E-state index in [0.29, 0.717) is 5.82 Å². The number of hydrogen-bond acceptors (Lipinski definition) is 2. The van der Waals surface area contributed by atoms with Crippen LogP contribution in [-0.2, 0) is 0 Å². The Morgan fingerprint density at radius 3 is 2.56 bits per heavy atom. The summed E-state index contributed by atoms with van der Waals surface area (Å²) < 4.78 is 1.05. The maximum absolute atomic E-state index is 8.98. The van der Waals surface area contributed by atoms with E-state index in [2.05, 4.69) is 4.98 Å². The lowest BCUT2D eigenvalue weighted by Gasteiger charge is -2.00. The van der Waals surface area contributed by atoms with Crippen molar-refractivity contribution in [1.29, 1.82) is 0 Å². The molecule has 3 heteroatoms. The van der Waals surface area contributed by atoms with Crippen LogP contribution in [-0.4, -0.2) is 14.9 Å². The minimum Gasteiger partial charge on any atom is -0.427 e. The van der Waals surface area contributed by atoms with Crippen LogP contribution in [0.15, 0.2) is 12.4 Å². The molecule has 1 N–H and O–H groups in total. The molecule has 0 spiro atoms. The van der Waals surface area contributed by atoms with Gasteiger partial charge in [0.2, 0.25) is 0 Å². The van der Waals surface area contributed by atoms with Gasteiger partial charge in [-0.05, 0) is 0 Å². The number of imidazole rings is 1. The first-order chi connectivity index (χ1) is 4.22. The summed E-state index contributed by atoms with van der Waals surface area (Å²) in [4.78, 5) is 3.93. The summed E-state index contributed by atoms with van der Waals surface area (Å²) in [5, 5.41) is 8.98. The molecule has 0 aliphatic rings. The molecule has 0 bridgehead atoms. The zero-order chi connectivity index (χ0) is 6.85. The standard InChI is InChI=1S/C6H10N2O/c1-5(2)6-7-3-4-8(6)9/h3-5,9H,1-2H3. The lowest BCUT2D eigenvalue weighted by Crippen LogP contribution is -1.99. The highest BCUT2D eigenvalue weighted by atomic mass is 16.5. The van der Waals surface area contributed by atoms with Gasteiger partial charge in [0.15, 0.2) is 0 Å². The molecule has 50 valence electrons. The van der Waals surface area contributed by atoms with Crippen LogP contribution in [0.5, 0.6) is 0 Å². The van der Waals surface area contributed by atoms with Crippen molar-refractivity contribution in [1.82, 2.24) is 9.71 Å². The number of nitrogens with zero attached hydrogens (tertiary/aromatic N) is 2. The highest BCUT2D eigenvalue weighted by molar-refractivity contribution is 4.94. The Hall–Kier alpha value is -0.990. The number of hydrogen-bond donors (Lipinski definition) is 1. The zero-order valence-corrected chi connectivity index (χ0v) is 5.57. The van der Waals surface area contributed by atoms with E-state index >= 15 is 0 Å². The van der Waals surface area contributed by atoms with Gasteiger partial charge >= 0.3 is 0 Å². The first kappa shape index (κ1) is 6.13. The molecule has 0 aromatic carbocycles. The van der Waals surface area contributed by atoms with Crippen molar-refractivity contribution in [2.24, 2.45) is 0 Å². The lowest BCUT2D eigenvalue weighted by molar-refractivity contribution is 0.173. The van der Waals surface area contributed by atoms with Gasteiger partial charge in [0, 0.05) is 12.1 Å². The van der Waals surface area contributed by atoms with Gasteiger partial charge in [0.25, 0.3) is 0 Å². The average molecular weight is 126 g/mol. The van der Waals surface area contributed by atoms with Crippen LogP contribution in [0.1, 0.15) is 25.6 Å². The molecule has 1 heterocycles. The fourth-order valence-electron chi connectivity index (χ4n) is 0.722. The first-order valence-electron chi connectivity index (χ1n) is 2.94. The van der Waals surface area contributed by atoms with E-state index in [1.54, 1.807) is 6.20 Å². The van der Waals surface area contributed by atoms with Crippen molar-refractivity contribution in [3.63, 3.8) is 0 Å². The van der Waals surface area contributed by atoms with Crippen LogP contribution in [0.3, 0.4) is 0 Å². The van der Waals surface area contributed by atoms with Crippen LogP contribution in [0.25, 0.3) is 0 Å². The van der Waals surface area contributed by atoms with Gasteiger partial charge in [-0.25, -0.2) is 4.98 Å². The van der Waals surface area contributed by atoms with Crippen LogP contribution < -0.4 is 0 Å². The van der Waals surface area contributed by atoms with E-state index in [0.717, 1.165) is 4.73 Å². The van der Waals surface area contributed by atoms with Gasteiger partial charge in [-0.3, -0.25) is 0 Å². The third-order valence-electron chi connectivity index (χ3n) is 1.17. The molecule has 0 aliphatic heterocycles. The Bertz CT molecular complexity index is 193. The zero-order valence-electron chi connectivity index (χ0n) is 5.57. The predicted octanol–water partition coefficient (Wildman–Crippen LogP) is 1.24. The van der Waals surface area contributed by atoms with E-state index in [-0.39, 0.29) is 5.92 Å². The van der Waals surface area contributed by atoms with E-state index in [4.69, 9.17) is 5.21 Å². The van der Waals surface area contributed by atoms with E-state index < -0.39 is 0 Å². The van der Waals surface area contributed by atoms with E-state index in [1.165, 1.54) is 6.20 Å². The lowest BCUT2D eigenvalue weighted by atomic mass is 10.2. The fraction of sp³-hybridized carbons (Fsp3) is 0.500. The normalized spacial score (nSPS) is 10.6. The highest BCUT2D eigenvalue weighted by Crippen LogP contribution is 2.08. The van der Waals surface area contributed by atoms with Crippen molar-refractivity contribution < 1.29 is 5.21 Å². The molecule has 0 amide bonds. The molecule has 9 heavy (non-hydrogen) atoms. The molecule has 0 unspecified atom stereocenters. The molecule has 0 aliphatic carbocycles. The molecule has 1 rings (SSSR count). The van der Waals surface area contributed by atoms with Crippen LogP contribution >= 0.6 is 0 Å². The first-order valence-corrected chi connectivity index (χ1v) is 2.94. The third-order valence-corrected chi connectivity index (χ3v) is 1.17. The van der Waals surface area contributed by atoms with E-state index in [1.807, 2.05) is 13.8 Å². The summed E-state index contributed by atoms with van der Waals surface area (Å²) in [5.41, 5.74) is 0. The SMILES string of the molecule is CC(C)c1nccn1O. The largest absolute Gasteiger partial charge is 0.427 e. The topological polar surface area (TPSA) is 38.0 Å². The van der Waals surface area contributed by atoms with Gasteiger partial charge < -0.3 is 5.21 Å². The Morgan fingerprint density at radius 2 is 2.33 bits per heavy atom. The van der Waals surface area contributed by atoms with Gasteiger partial charge in [-0.15, -0.1) is 0 Å². The quantitative estimate of drug-likeness (QED) is 0.575. The molecule has 0 radical (unpaired) electrons. The highest BCUT2D eigenvalue weighted by Gasteiger charge is 2.03. The molecule has 0 atom stereocenters. The summed E-state index contributed by atoms with van der Waals surface area (Å²) in [7, 11) is 0. The van der Waals surface area contributed by atoms with Gasteiger partial charge in [-0.2, -0.15) is 4.73 Å². The second-order valence-corrected chi connectivity index (χ2v) is 2.28. The van der Waals surface area contributed by atoms with Crippen molar-refractivity contribution >= 4 is 0 Å². The average Bonchev–Trinajstić information content (AvgIpc) is 2.13. The molecule has 0 saturated carbocycles. The maximum Gasteiger partial charge on any atom is 0.146 e. The van der Waals surface area contributed by atoms with Gasteiger partial charge in [0.1, 0.15) is 5.82 Å². The summed E-state index contributed by atoms with van der Waals surface area (Å²) in [5.74, 6) is 0.986. The third kappa shape index (κ3) is 1.04. The predicted molar refractivity (Wildman–Crippen MR) is 33.5 cm³/mol. The summed E-state index contributed by atoms with van der Waals surface area (Å²) >= 11 is 0. The number of aromatic nitrogens is 2. The Kier molecular flexibility index (Phi) is 1.42. The smallest absolute Gasteiger partial charge is 0.146 e. The molecule has 3 nitrogen and oxygen atoms in total. The van der Waals surface area contributed by atoms with Crippen molar-refractivity contribution in [2.75, 3.05) is 0 Å². The monoisotopic (exact) mass is 126 g/mol. The Morgan fingerprint density at radius 1 is 1.67 bits per heavy atom. The fourth-order valence-corrected chi connectivity index (χ4v) is 0.722. The number of rotatable bonds is 1. The minimum atomic E-state index is 0.282. The second kappa shape index (κ2) is 2.09. The molecule has 0 fully saturated rings. The molecule has 1 aromatic heterocycles. The summed E-state index contributed by atoms with van der Waals surface area (Å²) in [6.07, 6.45) is 3.10. The Balaban J connectivity index is 2.94. The maximum atomic E-state index is 8.98. The van der Waals surface area contributed by atoms with Crippen molar-refractivity contribution in [3.8, 4) is 0 Å².